The second kappa shape index (κ2) is 5.96. The Bertz CT molecular complexity index is 307. The first-order valence-corrected chi connectivity index (χ1v) is 6.12. The number of hydrogen-bond donors (Lipinski definition) is 1. The minimum absolute atomic E-state index is 0.0675. The first-order valence-electron chi connectivity index (χ1n) is 6.12. The van der Waals surface area contributed by atoms with Crippen LogP contribution < -0.4 is 5.32 Å². The van der Waals surface area contributed by atoms with Gasteiger partial charge >= 0.3 is 0 Å². The van der Waals surface area contributed by atoms with Crippen molar-refractivity contribution in [2.75, 3.05) is 19.7 Å². The molecule has 2 heterocycles. The smallest absolute Gasteiger partial charge is 0.163 e. The Morgan fingerprint density at radius 2 is 2.50 bits per heavy atom. The van der Waals surface area contributed by atoms with Crippen molar-refractivity contribution < 1.29 is 4.74 Å². The number of unbranched alkanes of at least 4 members (excludes halogenated alkanes) is 2. The molecule has 1 aromatic rings. The first-order chi connectivity index (χ1) is 7.92. The molecule has 5 heteroatoms. The number of aromatic nitrogens is 3. The van der Waals surface area contributed by atoms with E-state index in [-0.39, 0.29) is 6.10 Å². The highest BCUT2D eigenvalue weighted by molar-refractivity contribution is 4.94. The van der Waals surface area contributed by atoms with Crippen LogP contribution in [0.2, 0.25) is 0 Å². The summed E-state index contributed by atoms with van der Waals surface area (Å²) in [4.78, 5) is 0. The third-order valence-electron chi connectivity index (χ3n) is 2.86. The molecular weight excluding hydrogens is 204 g/mol. The Balaban J connectivity index is 1.94. The lowest BCUT2D eigenvalue weighted by Crippen LogP contribution is -2.34. The summed E-state index contributed by atoms with van der Waals surface area (Å²) in [6.07, 6.45) is 5.54. The molecule has 1 aliphatic heterocycles. The van der Waals surface area contributed by atoms with E-state index in [1.807, 2.05) is 6.33 Å². The third-order valence-corrected chi connectivity index (χ3v) is 2.86. The van der Waals surface area contributed by atoms with Gasteiger partial charge in [0.05, 0.1) is 6.61 Å². The average Bonchev–Trinajstić information content (AvgIpc) is 2.79. The lowest BCUT2D eigenvalue weighted by Gasteiger charge is -2.23. The molecule has 0 amide bonds. The second-order valence-electron chi connectivity index (χ2n) is 4.15. The van der Waals surface area contributed by atoms with Crippen LogP contribution in [-0.2, 0) is 11.3 Å². The molecule has 1 aliphatic rings. The summed E-state index contributed by atoms with van der Waals surface area (Å²) >= 11 is 0. The van der Waals surface area contributed by atoms with E-state index in [2.05, 4.69) is 27.0 Å². The van der Waals surface area contributed by atoms with Crippen molar-refractivity contribution in [3.05, 3.63) is 12.2 Å². The maximum absolute atomic E-state index is 5.68. The van der Waals surface area contributed by atoms with E-state index >= 15 is 0 Å². The molecule has 0 spiro atoms. The van der Waals surface area contributed by atoms with Crippen LogP contribution in [0.3, 0.4) is 0 Å². The monoisotopic (exact) mass is 224 g/mol. The molecular formula is C11H20N4O. The topological polar surface area (TPSA) is 52.0 Å². The van der Waals surface area contributed by atoms with Gasteiger partial charge in [0, 0.05) is 19.6 Å². The van der Waals surface area contributed by atoms with Crippen LogP contribution in [-0.4, -0.2) is 34.5 Å². The minimum Gasteiger partial charge on any atom is -0.368 e. The SMILES string of the molecule is CCCCCn1cnnc1C1CNCCO1. The molecule has 1 fully saturated rings. The van der Waals surface area contributed by atoms with Gasteiger partial charge in [0.1, 0.15) is 12.4 Å². The van der Waals surface area contributed by atoms with Crippen LogP contribution in [0.25, 0.3) is 0 Å². The van der Waals surface area contributed by atoms with Crippen molar-refractivity contribution >= 4 is 0 Å². The van der Waals surface area contributed by atoms with Crippen LogP contribution >= 0.6 is 0 Å². The second-order valence-corrected chi connectivity index (χ2v) is 4.15. The summed E-state index contributed by atoms with van der Waals surface area (Å²) in [7, 11) is 0. The minimum atomic E-state index is 0.0675. The van der Waals surface area contributed by atoms with Crippen molar-refractivity contribution in [2.24, 2.45) is 0 Å². The van der Waals surface area contributed by atoms with E-state index in [1.165, 1.54) is 19.3 Å². The molecule has 1 saturated heterocycles. The number of rotatable bonds is 5. The van der Waals surface area contributed by atoms with Gasteiger partial charge in [-0.2, -0.15) is 0 Å². The van der Waals surface area contributed by atoms with Crippen LogP contribution in [0.1, 0.15) is 38.1 Å². The van der Waals surface area contributed by atoms with Gasteiger partial charge in [-0.15, -0.1) is 10.2 Å². The number of aryl methyl sites for hydroxylation is 1. The fourth-order valence-electron chi connectivity index (χ4n) is 1.95. The van der Waals surface area contributed by atoms with Gasteiger partial charge in [0.2, 0.25) is 0 Å². The molecule has 16 heavy (non-hydrogen) atoms. The van der Waals surface area contributed by atoms with Gasteiger partial charge in [0.25, 0.3) is 0 Å². The normalized spacial score (nSPS) is 21.2. The molecule has 5 nitrogen and oxygen atoms in total. The van der Waals surface area contributed by atoms with E-state index in [1.54, 1.807) is 0 Å². The lowest BCUT2D eigenvalue weighted by molar-refractivity contribution is 0.0196. The van der Waals surface area contributed by atoms with Gasteiger partial charge in [0.15, 0.2) is 5.82 Å². The third kappa shape index (κ3) is 2.80. The highest BCUT2D eigenvalue weighted by Crippen LogP contribution is 2.16. The van der Waals surface area contributed by atoms with E-state index in [4.69, 9.17) is 4.74 Å². The Hall–Kier alpha value is -0.940. The zero-order valence-corrected chi connectivity index (χ0v) is 9.85. The standard InChI is InChI=1S/C11H20N4O/c1-2-3-4-6-15-9-13-14-11(15)10-8-12-5-7-16-10/h9-10,12H,2-8H2,1H3. The summed E-state index contributed by atoms with van der Waals surface area (Å²) in [5, 5.41) is 11.5. The van der Waals surface area contributed by atoms with Crippen LogP contribution in [0.4, 0.5) is 0 Å². The number of ether oxygens (including phenoxy) is 1. The van der Waals surface area contributed by atoms with Crippen molar-refractivity contribution in [2.45, 2.75) is 38.8 Å². The molecule has 1 N–H and O–H groups in total. The van der Waals surface area contributed by atoms with E-state index in [0.29, 0.717) is 0 Å². The summed E-state index contributed by atoms with van der Waals surface area (Å²) in [6, 6.07) is 0. The molecule has 0 bridgehead atoms. The van der Waals surface area contributed by atoms with Gasteiger partial charge in [-0.1, -0.05) is 19.8 Å². The highest BCUT2D eigenvalue weighted by atomic mass is 16.5. The molecule has 1 aromatic heterocycles. The zero-order chi connectivity index (χ0) is 11.2. The largest absolute Gasteiger partial charge is 0.368 e. The Kier molecular flexibility index (Phi) is 4.30. The number of nitrogens with zero attached hydrogens (tertiary/aromatic N) is 3. The van der Waals surface area contributed by atoms with E-state index in [0.717, 1.165) is 32.1 Å². The fourth-order valence-corrected chi connectivity index (χ4v) is 1.95. The number of nitrogens with one attached hydrogen (secondary N) is 1. The molecule has 1 unspecified atom stereocenters. The predicted molar refractivity (Wildman–Crippen MR) is 61.1 cm³/mol. The highest BCUT2D eigenvalue weighted by Gasteiger charge is 2.20. The Morgan fingerprint density at radius 3 is 3.25 bits per heavy atom. The Labute approximate surface area is 96.2 Å². The number of hydrogen-bond acceptors (Lipinski definition) is 4. The van der Waals surface area contributed by atoms with Crippen molar-refractivity contribution in [3.63, 3.8) is 0 Å². The van der Waals surface area contributed by atoms with E-state index < -0.39 is 0 Å². The molecule has 0 aromatic carbocycles. The summed E-state index contributed by atoms with van der Waals surface area (Å²) in [6.45, 7) is 5.73. The molecule has 0 aliphatic carbocycles. The van der Waals surface area contributed by atoms with Gasteiger partial charge in [-0.3, -0.25) is 0 Å². The number of morpholine rings is 1. The maximum Gasteiger partial charge on any atom is 0.163 e. The lowest BCUT2D eigenvalue weighted by atomic mass is 10.2. The van der Waals surface area contributed by atoms with Crippen LogP contribution in [0.5, 0.6) is 0 Å². The van der Waals surface area contributed by atoms with Crippen molar-refractivity contribution in [3.8, 4) is 0 Å². The molecule has 0 saturated carbocycles. The summed E-state index contributed by atoms with van der Waals surface area (Å²) in [5.74, 6) is 0.961. The average molecular weight is 224 g/mol. The fraction of sp³-hybridized carbons (Fsp3) is 0.818. The molecule has 1 atom stereocenters. The van der Waals surface area contributed by atoms with Gasteiger partial charge < -0.3 is 14.6 Å². The molecule has 90 valence electrons. The molecule has 0 radical (unpaired) electrons. The van der Waals surface area contributed by atoms with E-state index in [9.17, 15) is 0 Å². The molecule has 2 rings (SSSR count). The predicted octanol–water partition coefficient (Wildman–Crippen LogP) is 1.13. The van der Waals surface area contributed by atoms with Gasteiger partial charge in [-0.25, -0.2) is 0 Å². The van der Waals surface area contributed by atoms with Crippen LogP contribution in [0.15, 0.2) is 6.33 Å². The summed E-state index contributed by atoms with van der Waals surface area (Å²) < 4.78 is 7.80. The maximum atomic E-state index is 5.68. The van der Waals surface area contributed by atoms with Gasteiger partial charge in [-0.05, 0) is 6.42 Å². The summed E-state index contributed by atoms with van der Waals surface area (Å²) in [5.41, 5.74) is 0. The first kappa shape index (κ1) is 11.5. The quantitative estimate of drug-likeness (QED) is 0.762. The van der Waals surface area contributed by atoms with Crippen LogP contribution in [0, 0.1) is 0 Å². The Morgan fingerprint density at radius 1 is 1.56 bits per heavy atom. The zero-order valence-electron chi connectivity index (χ0n) is 9.85. The van der Waals surface area contributed by atoms with Crippen molar-refractivity contribution in [1.29, 1.82) is 0 Å². The van der Waals surface area contributed by atoms with Crippen molar-refractivity contribution in [1.82, 2.24) is 20.1 Å².